The molecule has 1 spiro atoms. The molecule has 2 amide bonds. The normalized spacial score (nSPS) is 25.5. The van der Waals surface area contributed by atoms with Crippen LogP contribution in [0.4, 0.5) is 0 Å². The zero-order chi connectivity index (χ0) is 13.6. The minimum Gasteiger partial charge on any atom is -0.339 e. The lowest BCUT2D eigenvalue weighted by molar-refractivity contribution is -0.131. The molecule has 0 aliphatic carbocycles. The summed E-state index contributed by atoms with van der Waals surface area (Å²) in [6, 6.07) is 0. The van der Waals surface area contributed by atoms with Crippen molar-refractivity contribution in [2.75, 3.05) is 25.9 Å². The fourth-order valence-corrected chi connectivity index (χ4v) is 4.79. The van der Waals surface area contributed by atoms with Gasteiger partial charge in [-0.15, -0.1) is 0 Å². The number of rotatable bonds is 1. The van der Waals surface area contributed by atoms with Crippen LogP contribution in [-0.2, 0) is 19.4 Å². The van der Waals surface area contributed by atoms with Crippen molar-refractivity contribution in [2.45, 2.75) is 17.7 Å². The summed E-state index contributed by atoms with van der Waals surface area (Å²) < 4.78 is 24.2. The Balaban J connectivity index is 2.24. The summed E-state index contributed by atoms with van der Waals surface area (Å²) in [5, 5.41) is 0. The molecule has 0 bridgehead atoms. The number of amides is 2. The summed E-state index contributed by atoms with van der Waals surface area (Å²) in [6.07, 6.45) is 1.77. The second kappa shape index (κ2) is 4.08. The Morgan fingerprint density at radius 1 is 1.39 bits per heavy atom. The van der Waals surface area contributed by atoms with Crippen LogP contribution in [0.2, 0.25) is 0 Å². The van der Waals surface area contributed by atoms with E-state index in [-0.39, 0.29) is 24.7 Å². The highest BCUT2D eigenvalue weighted by atomic mass is 32.2. The molecule has 7 heteroatoms. The van der Waals surface area contributed by atoms with Gasteiger partial charge in [0.15, 0.2) is 9.84 Å². The van der Waals surface area contributed by atoms with Crippen molar-refractivity contribution in [2.24, 2.45) is 0 Å². The molecular formula is C11H16N2O4S. The molecule has 2 aliphatic heterocycles. The number of piperidine rings is 1. The van der Waals surface area contributed by atoms with E-state index >= 15 is 0 Å². The molecule has 0 aromatic heterocycles. The van der Waals surface area contributed by atoms with Crippen LogP contribution < -0.4 is 0 Å². The molecule has 0 saturated carbocycles. The third kappa shape index (κ3) is 1.65. The van der Waals surface area contributed by atoms with E-state index in [1.54, 1.807) is 4.90 Å². The van der Waals surface area contributed by atoms with Crippen LogP contribution in [0.15, 0.2) is 12.7 Å². The van der Waals surface area contributed by atoms with Crippen LogP contribution in [0, 0.1) is 0 Å². The van der Waals surface area contributed by atoms with Crippen molar-refractivity contribution in [3.8, 4) is 0 Å². The monoisotopic (exact) mass is 272 g/mol. The summed E-state index contributed by atoms with van der Waals surface area (Å²) in [7, 11) is -1.93. The molecule has 0 aromatic rings. The molecule has 0 atom stereocenters. The largest absolute Gasteiger partial charge is 0.339 e. The van der Waals surface area contributed by atoms with E-state index < -0.39 is 20.5 Å². The van der Waals surface area contributed by atoms with Gasteiger partial charge in [0.05, 0.1) is 0 Å². The summed E-state index contributed by atoms with van der Waals surface area (Å²) in [4.78, 5) is 24.8. The van der Waals surface area contributed by atoms with Crippen LogP contribution >= 0.6 is 0 Å². The smallest absolute Gasteiger partial charge is 0.245 e. The minimum absolute atomic E-state index is 0.200. The molecule has 0 N–H and O–H groups in total. The summed E-state index contributed by atoms with van der Waals surface area (Å²) in [5.74, 6) is -0.980. The van der Waals surface area contributed by atoms with Gasteiger partial charge in [-0.3, -0.25) is 9.59 Å². The quantitative estimate of drug-likeness (QED) is 0.596. The lowest BCUT2D eigenvalue weighted by atomic mass is 10.0. The third-order valence-electron chi connectivity index (χ3n) is 3.91. The molecule has 6 nitrogen and oxygen atoms in total. The zero-order valence-corrected chi connectivity index (χ0v) is 11.1. The standard InChI is InChI=1S/C11H16N2O4S/c1-3-9(14)13-6-4-11(5-7-13)12(2)10(15)8-18(11,16)17/h3H,1,4-8H2,2H3. The number of hydrogen-bond acceptors (Lipinski definition) is 4. The molecule has 18 heavy (non-hydrogen) atoms. The van der Waals surface area contributed by atoms with Crippen LogP contribution in [0.3, 0.4) is 0 Å². The molecule has 0 radical (unpaired) electrons. The van der Waals surface area contributed by atoms with Gasteiger partial charge in [0.1, 0.15) is 10.6 Å². The average Bonchev–Trinajstić information content (AvgIpc) is 2.50. The Labute approximate surface area is 106 Å². The first-order valence-electron chi connectivity index (χ1n) is 5.74. The van der Waals surface area contributed by atoms with Gasteiger partial charge in [-0.2, -0.15) is 0 Å². The van der Waals surface area contributed by atoms with Crippen LogP contribution in [-0.4, -0.2) is 60.8 Å². The number of hydrogen-bond donors (Lipinski definition) is 0. The Kier molecular flexibility index (Phi) is 2.96. The van der Waals surface area contributed by atoms with Crippen molar-refractivity contribution in [3.63, 3.8) is 0 Å². The highest BCUT2D eigenvalue weighted by Gasteiger charge is 2.56. The number of likely N-dealkylation sites (tertiary alicyclic amines) is 1. The predicted molar refractivity (Wildman–Crippen MR) is 65.3 cm³/mol. The van der Waals surface area contributed by atoms with Gasteiger partial charge >= 0.3 is 0 Å². The Morgan fingerprint density at radius 2 is 1.94 bits per heavy atom. The van der Waals surface area contributed by atoms with Crippen LogP contribution in [0.1, 0.15) is 12.8 Å². The molecular weight excluding hydrogens is 256 g/mol. The minimum atomic E-state index is -3.45. The van der Waals surface area contributed by atoms with E-state index in [1.807, 2.05) is 0 Å². The van der Waals surface area contributed by atoms with E-state index in [4.69, 9.17) is 0 Å². The maximum atomic E-state index is 12.1. The molecule has 100 valence electrons. The number of carbonyl (C=O) groups is 2. The van der Waals surface area contributed by atoms with Gasteiger partial charge < -0.3 is 9.80 Å². The first-order chi connectivity index (χ1) is 8.34. The average molecular weight is 272 g/mol. The van der Waals surface area contributed by atoms with Crippen LogP contribution in [0.25, 0.3) is 0 Å². The maximum Gasteiger partial charge on any atom is 0.245 e. The highest BCUT2D eigenvalue weighted by Crippen LogP contribution is 2.38. The van der Waals surface area contributed by atoms with Gasteiger partial charge in [-0.05, 0) is 6.08 Å². The molecule has 2 rings (SSSR count). The first-order valence-corrected chi connectivity index (χ1v) is 7.39. The summed E-state index contributed by atoms with van der Waals surface area (Å²) >= 11 is 0. The van der Waals surface area contributed by atoms with Gasteiger partial charge in [0.2, 0.25) is 11.8 Å². The third-order valence-corrected chi connectivity index (χ3v) is 6.38. The Bertz CT molecular complexity index is 503. The molecule has 2 fully saturated rings. The maximum absolute atomic E-state index is 12.1. The van der Waals surface area contributed by atoms with E-state index in [2.05, 4.69) is 6.58 Å². The summed E-state index contributed by atoms with van der Waals surface area (Å²) in [5.41, 5.74) is 0. The van der Waals surface area contributed by atoms with E-state index in [9.17, 15) is 18.0 Å². The fraction of sp³-hybridized carbons (Fsp3) is 0.636. The second-order valence-corrected chi connectivity index (χ2v) is 6.97. The number of nitrogens with zero attached hydrogens (tertiary/aromatic N) is 2. The fourth-order valence-electron chi connectivity index (χ4n) is 2.68. The van der Waals surface area contributed by atoms with Crippen LogP contribution in [0.5, 0.6) is 0 Å². The zero-order valence-electron chi connectivity index (χ0n) is 10.3. The van der Waals surface area contributed by atoms with Gasteiger partial charge in [-0.25, -0.2) is 8.42 Å². The van der Waals surface area contributed by atoms with Gasteiger partial charge in [0, 0.05) is 33.0 Å². The van der Waals surface area contributed by atoms with Crippen molar-refractivity contribution in [3.05, 3.63) is 12.7 Å². The van der Waals surface area contributed by atoms with Crippen molar-refractivity contribution in [1.29, 1.82) is 0 Å². The topological polar surface area (TPSA) is 74.8 Å². The van der Waals surface area contributed by atoms with Gasteiger partial charge in [-0.1, -0.05) is 6.58 Å². The van der Waals surface area contributed by atoms with E-state index in [0.717, 1.165) is 0 Å². The molecule has 2 heterocycles. The second-order valence-electron chi connectivity index (χ2n) is 4.69. The lowest BCUT2D eigenvalue weighted by Gasteiger charge is -2.41. The highest BCUT2D eigenvalue weighted by molar-refractivity contribution is 7.93. The molecule has 0 unspecified atom stereocenters. The Hall–Kier alpha value is -1.37. The van der Waals surface area contributed by atoms with E-state index in [0.29, 0.717) is 13.1 Å². The Morgan fingerprint density at radius 3 is 2.33 bits per heavy atom. The van der Waals surface area contributed by atoms with Crippen molar-refractivity contribution >= 4 is 21.7 Å². The SMILES string of the molecule is C=CC(=O)N1CCC2(CC1)N(C)C(=O)CS2(=O)=O. The number of sulfone groups is 1. The lowest BCUT2D eigenvalue weighted by Crippen LogP contribution is -2.55. The van der Waals surface area contributed by atoms with Crippen molar-refractivity contribution in [1.82, 2.24) is 9.80 Å². The first kappa shape index (κ1) is 13.1. The number of carbonyl (C=O) groups excluding carboxylic acids is 2. The molecule has 0 aromatic carbocycles. The van der Waals surface area contributed by atoms with E-state index in [1.165, 1.54) is 18.0 Å². The molecule has 2 aliphatic rings. The van der Waals surface area contributed by atoms with Gasteiger partial charge in [0.25, 0.3) is 0 Å². The summed E-state index contributed by atoms with van der Waals surface area (Å²) in [6.45, 7) is 4.08. The predicted octanol–water partition coefficient (Wildman–Crippen LogP) is -0.622. The molecule has 2 saturated heterocycles. The van der Waals surface area contributed by atoms with Crippen molar-refractivity contribution < 1.29 is 18.0 Å².